The average molecular weight is 416 g/mol. The first-order valence-corrected chi connectivity index (χ1v) is 13.4. The maximum atomic E-state index is 12.7. The summed E-state index contributed by atoms with van der Waals surface area (Å²) in [5.41, 5.74) is 0.964. The van der Waals surface area contributed by atoms with E-state index in [1.54, 1.807) is 6.08 Å². The van der Waals surface area contributed by atoms with Crippen molar-refractivity contribution in [1.82, 2.24) is 4.72 Å². The standard InChI is InChI=1S/C20H34ClNO2SSi/c1-10-17(22-25(23)19(2,3)4)18(15-12-11-13-16(21)14-15)24-26(8,9)20(5,6)7/h10-14,17-18,22H,1H2,2-9H3/t17-,18-,25?/m1/s1. The second kappa shape index (κ2) is 8.80. The van der Waals surface area contributed by atoms with E-state index in [4.69, 9.17) is 16.0 Å². The SMILES string of the molecule is C=C[C@@H](N[S+]([O-])C(C)(C)C)[C@H](O[Si](C)(C)C(C)(C)C)c1cccc(Cl)c1. The Balaban J connectivity index is 3.28. The molecule has 1 unspecified atom stereocenters. The average Bonchev–Trinajstić information content (AvgIpc) is 2.48. The lowest BCUT2D eigenvalue weighted by molar-refractivity contribution is 0.163. The second-order valence-electron chi connectivity index (χ2n) is 9.11. The quantitative estimate of drug-likeness (QED) is 0.337. The van der Waals surface area contributed by atoms with Gasteiger partial charge in [-0.25, -0.2) is 0 Å². The summed E-state index contributed by atoms with van der Waals surface area (Å²) >= 11 is 4.99. The minimum Gasteiger partial charge on any atom is -0.598 e. The van der Waals surface area contributed by atoms with Crippen LogP contribution in [-0.2, 0) is 15.8 Å². The molecule has 0 aliphatic heterocycles. The zero-order valence-electron chi connectivity index (χ0n) is 17.4. The van der Waals surface area contributed by atoms with Crippen LogP contribution in [0.25, 0.3) is 0 Å². The lowest BCUT2D eigenvalue weighted by Gasteiger charge is -2.41. The van der Waals surface area contributed by atoms with Crippen molar-refractivity contribution in [3.8, 4) is 0 Å². The molecule has 1 aromatic carbocycles. The number of rotatable bonds is 7. The van der Waals surface area contributed by atoms with Crippen LogP contribution in [0.5, 0.6) is 0 Å². The van der Waals surface area contributed by atoms with E-state index in [9.17, 15) is 4.55 Å². The van der Waals surface area contributed by atoms with Crippen molar-refractivity contribution in [1.29, 1.82) is 0 Å². The van der Waals surface area contributed by atoms with Gasteiger partial charge in [-0.2, -0.15) is 0 Å². The molecule has 148 valence electrons. The van der Waals surface area contributed by atoms with Gasteiger partial charge in [0.25, 0.3) is 0 Å². The van der Waals surface area contributed by atoms with Crippen LogP contribution >= 0.6 is 11.6 Å². The van der Waals surface area contributed by atoms with Gasteiger partial charge in [0.2, 0.25) is 0 Å². The Hall–Kier alpha value is -0.303. The van der Waals surface area contributed by atoms with E-state index in [0.717, 1.165) is 5.56 Å². The van der Waals surface area contributed by atoms with Gasteiger partial charge in [-0.3, -0.25) is 0 Å². The molecule has 0 aliphatic rings. The van der Waals surface area contributed by atoms with Crippen LogP contribution in [0.2, 0.25) is 23.2 Å². The summed E-state index contributed by atoms with van der Waals surface area (Å²) in [6, 6.07) is 7.39. The molecule has 0 amide bonds. The van der Waals surface area contributed by atoms with Crippen LogP contribution in [0, 0.1) is 0 Å². The summed E-state index contributed by atoms with van der Waals surface area (Å²) in [7, 11) is -2.07. The molecule has 0 spiro atoms. The van der Waals surface area contributed by atoms with Gasteiger partial charge >= 0.3 is 0 Å². The number of hydrogen-bond acceptors (Lipinski definition) is 3. The molecule has 1 aromatic rings. The maximum absolute atomic E-state index is 12.7. The Morgan fingerprint density at radius 2 is 1.81 bits per heavy atom. The van der Waals surface area contributed by atoms with E-state index >= 15 is 0 Å². The minimum atomic E-state index is -2.07. The molecule has 0 heterocycles. The molecule has 0 saturated carbocycles. The molecule has 0 aliphatic carbocycles. The lowest BCUT2D eigenvalue weighted by Crippen LogP contribution is -2.50. The summed E-state index contributed by atoms with van der Waals surface area (Å²) in [5.74, 6) is 0. The number of nitrogens with one attached hydrogen (secondary N) is 1. The summed E-state index contributed by atoms with van der Waals surface area (Å²) in [5, 5.41) is 0.713. The third-order valence-electron chi connectivity index (χ3n) is 4.78. The predicted molar refractivity (Wildman–Crippen MR) is 117 cm³/mol. The molecule has 1 rings (SSSR count). The lowest BCUT2D eigenvalue weighted by atomic mass is 10.0. The van der Waals surface area contributed by atoms with Gasteiger partial charge in [-0.1, -0.05) is 50.6 Å². The first kappa shape index (κ1) is 23.7. The van der Waals surface area contributed by atoms with Crippen molar-refractivity contribution in [3.63, 3.8) is 0 Å². The molecular weight excluding hydrogens is 382 g/mol. The zero-order valence-corrected chi connectivity index (χ0v) is 19.9. The fourth-order valence-electron chi connectivity index (χ4n) is 2.06. The highest BCUT2D eigenvalue weighted by molar-refractivity contribution is 7.90. The van der Waals surface area contributed by atoms with E-state index in [1.165, 1.54) is 0 Å². The van der Waals surface area contributed by atoms with E-state index < -0.39 is 19.7 Å². The molecule has 0 fully saturated rings. The number of benzene rings is 1. The largest absolute Gasteiger partial charge is 0.598 e. The van der Waals surface area contributed by atoms with Gasteiger partial charge in [0.1, 0.15) is 4.75 Å². The van der Waals surface area contributed by atoms with Crippen molar-refractivity contribution in [3.05, 3.63) is 47.5 Å². The van der Waals surface area contributed by atoms with Crippen LogP contribution in [0.15, 0.2) is 36.9 Å². The van der Waals surface area contributed by atoms with E-state index in [-0.39, 0.29) is 21.9 Å². The Morgan fingerprint density at radius 1 is 1.23 bits per heavy atom. The summed E-state index contributed by atoms with van der Waals surface area (Å²) in [6.07, 6.45) is 1.47. The summed E-state index contributed by atoms with van der Waals surface area (Å²) in [4.78, 5) is 0. The first-order valence-electron chi connectivity index (χ1n) is 8.93. The second-order valence-corrected chi connectivity index (χ2v) is 16.3. The molecule has 1 N–H and O–H groups in total. The highest BCUT2D eigenvalue weighted by Gasteiger charge is 2.42. The van der Waals surface area contributed by atoms with E-state index in [0.29, 0.717) is 5.02 Å². The fraction of sp³-hybridized carbons (Fsp3) is 0.600. The van der Waals surface area contributed by atoms with Crippen LogP contribution in [0.3, 0.4) is 0 Å². The fourth-order valence-corrected chi connectivity index (χ4v) is 4.35. The van der Waals surface area contributed by atoms with Crippen molar-refractivity contribution in [2.75, 3.05) is 0 Å². The molecule has 0 radical (unpaired) electrons. The Kier molecular flexibility index (Phi) is 8.03. The van der Waals surface area contributed by atoms with Crippen LogP contribution < -0.4 is 4.72 Å². The third-order valence-corrected chi connectivity index (χ3v) is 11.1. The number of halogens is 1. The van der Waals surface area contributed by atoms with Crippen molar-refractivity contribution in [2.45, 2.75) is 76.6 Å². The van der Waals surface area contributed by atoms with Gasteiger partial charge in [0.15, 0.2) is 8.32 Å². The maximum Gasteiger partial charge on any atom is 0.193 e. The first-order chi connectivity index (χ1) is 11.7. The predicted octanol–water partition coefficient (Wildman–Crippen LogP) is 6.01. The number of hydrogen-bond donors (Lipinski definition) is 1. The zero-order chi connectivity index (χ0) is 20.3. The van der Waals surface area contributed by atoms with E-state index in [2.05, 4.69) is 45.2 Å². The Labute approximate surface area is 169 Å². The topological polar surface area (TPSA) is 44.3 Å². The van der Waals surface area contributed by atoms with Crippen LogP contribution in [-0.4, -0.2) is 23.7 Å². The highest BCUT2D eigenvalue weighted by atomic mass is 35.5. The van der Waals surface area contributed by atoms with Crippen molar-refractivity contribution >= 4 is 31.3 Å². The summed E-state index contributed by atoms with van der Waals surface area (Å²) < 4.78 is 22.2. The van der Waals surface area contributed by atoms with Crippen molar-refractivity contribution in [2.24, 2.45) is 0 Å². The molecule has 6 heteroatoms. The smallest absolute Gasteiger partial charge is 0.193 e. The molecule has 0 aromatic heterocycles. The Bertz CT molecular complexity index is 611. The molecule has 26 heavy (non-hydrogen) atoms. The van der Waals surface area contributed by atoms with E-state index in [1.807, 2.05) is 45.0 Å². The van der Waals surface area contributed by atoms with Gasteiger partial charge in [0, 0.05) is 16.4 Å². The highest BCUT2D eigenvalue weighted by Crippen LogP contribution is 2.41. The molecule has 0 bridgehead atoms. The molecule has 3 atom stereocenters. The van der Waals surface area contributed by atoms with Gasteiger partial charge in [0.05, 0.1) is 12.1 Å². The van der Waals surface area contributed by atoms with Gasteiger partial charge < -0.3 is 8.98 Å². The molecular formula is C20H34ClNO2SSi. The van der Waals surface area contributed by atoms with Gasteiger partial charge in [-0.15, -0.1) is 11.3 Å². The third kappa shape index (κ3) is 6.39. The Morgan fingerprint density at radius 3 is 2.23 bits per heavy atom. The molecule has 0 saturated heterocycles. The summed E-state index contributed by atoms with van der Waals surface area (Å²) in [6.45, 7) is 20.8. The normalized spacial score (nSPS) is 16.8. The van der Waals surface area contributed by atoms with Crippen molar-refractivity contribution < 1.29 is 8.98 Å². The van der Waals surface area contributed by atoms with Crippen LogP contribution in [0.4, 0.5) is 0 Å². The minimum absolute atomic E-state index is 0.0543. The molecule has 3 nitrogen and oxygen atoms in total. The monoisotopic (exact) mass is 415 g/mol. The van der Waals surface area contributed by atoms with Gasteiger partial charge in [-0.05, 0) is 56.6 Å². The van der Waals surface area contributed by atoms with Crippen LogP contribution in [0.1, 0.15) is 53.2 Å².